The largest absolute Gasteiger partial charge is 0.391 e. The second-order valence-corrected chi connectivity index (χ2v) is 5.65. The van der Waals surface area contributed by atoms with E-state index in [0.717, 1.165) is 12.0 Å². The average Bonchev–Trinajstić information content (AvgIpc) is 2.42. The van der Waals surface area contributed by atoms with Crippen LogP contribution in [0.25, 0.3) is 0 Å². The molecular weight excluding hydrogens is 240 g/mol. The van der Waals surface area contributed by atoms with Crippen LogP contribution in [0, 0.1) is 5.92 Å². The summed E-state index contributed by atoms with van der Waals surface area (Å²) in [5, 5.41) is 9.90. The summed E-state index contributed by atoms with van der Waals surface area (Å²) in [7, 11) is 0. The number of aliphatic hydroxyl groups is 1. The lowest BCUT2D eigenvalue weighted by molar-refractivity contribution is -0.141. The Bertz CT molecular complexity index is 445. The van der Waals surface area contributed by atoms with Gasteiger partial charge in [-0.1, -0.05) is 37.3 Å². The summed E-state index contributed by atoms with van der Waals surface area (Å²) in [4.78, 5) is 14.2. The van der Waals surface area contributed by atoms with Crippen molar-refractivity contribution in [2.24, 2.45) is 11.7 Å². The number of hydrogen-bond donors (Lipinski definition) is 2. The Hall–Kier alpha value is -1.39. The summed E-state index contributed by atoms with van der Waals surface area (Å²) in [5.41, 5.74) is 5.98. The van der Waals surface area contributed by atoms with Gasteiger partial charge in [0.25, 0.3) is 0 Å². The smallest absolute Gasteiger partial charge is 0.247 e. The van der Waals surface area contributed by atoms with E-state index in [-0.39, 0.29) is 11.8 Å². The summed E-state index contributed by atoms with van der Waals surface area (Å²) < 4.78 is 0. The van der Waals surface area contributed by atoms with Crippen LogP contribution < -0.4 is 5.73 Å². The summed E-state index contributed by atoms with van der Waals surface area (Å²) in [6, 6.07) is 9.37. The summed E-state index contributed by atoms with van der Waals surface area (Å²) in [6.45, 7) is 4.77. The van der Waals surface area contributed by atoms with Gasteiger partial charge >= 0.3 is 0 Å². The maximum absolute atomic E-state index is 12.6. The van der Waals surface area contributed by atoms with Gasteiger partial charge in [-0.15, -0.1) is 0 Å². The third-order valence-electron chi connectivity index (χ3n) is 4.02. The average molecular weight is 262 g/mol. The Labute approximate surface area is 114 Å². The Balaban J connectivity index is 2.15. The number of amides is 1. The maximum atomic E-state index is 12.6. The molecule has 0 aromatic heterocycles. The molecule has 1 amide bonds. The van der Waals surface area contributed by atoms with Crippen molar-refractivity contribution in [1.82, 2.24) is 4.90 Å². The van der Waals surface area contributed by atoms with E-state index in [2.05, 4.69) is 0 Å². The number of β-amino-alcohol motifs (C(OH)–C–C–N with tert-alkyl or cyclic N) is 1. The van der Waals surface area contributed by atoms with Gasteiger partial charge in [0, 0.05) is 13.1 Å². The van der Waals surface area contributed by atoms with E-state index >= 15 is 0 Å². The first-order chi connectivity index (χ1) is 8.93. The summed E-state index contributed by atoms with van der Waals surface area (Å²) >= 11 is 0. The Morgan fingerprint density at radius 2 is 2.05 bits per heavy atom. The molecule has 3 N–H and O–H groups in total. The van der Waals surface area contributed by atoms with Crippen molar-refractivity contribution in [3.8, 4) is 0 Å². The van der Waals surface area contributed by atoms with Crippen LogP contribution in [-0.2, 0) is 10.3 Å². The van der Waals surface area contributed by atoms with Gasteiger partial charge in [-0.05, 0) is 24.8 Å². The highest BCUT2D eigenvalue weighted by Crippen LogP contribution is 2.24. The van der Waals surface area contributed by atoms with Gasteiger partial charge in [0.1, 0.15) is 5.54 Å². The lowest BCUT2D eigenvalue weighted by Crippen LogP contribution is -2.55. The third kappa shape index (κ3) is 2.80. The molecule has 104 valence electrons. The van der Waals surface area contributed by atoms with Crippen molar-refractivity contribution in [3.05, 3.63) is 35.9 Å². The zero-order chi connectivity index (χ0) is 14.0. The van der Waals surface area contributed by atoms with Gasteiger partial charge < -0.3 is 15.7 Å². The Morgan fingerprint density at radius 1 is 1.42 bits per heavy atom. The Morgan fingerprint density at radius 3 is 2.63 bits per heavy atom. The molecule has 4 heteroatoms. The van der Waals surface area contributed by atoms with E-state index in [0.29, 0.717) is 13.1 Å². The molecule has 4 nitrogen and oxygen atoms in total. The molecule has 0 aliphatic carbocycles. The molecular formula is C15H22N2O2. The highest BCUT2D eigenvalue weighted by Gasteiger charge is 2.37. The molecule has 2 rings (SSSR count). The van der Waals surface area contributed by atoms with Crippen LogP contribution in [0.2, 0.25) is 0 Å². The van der Waals surface area contributed by atoms with Crippen molar-refractivity contribution >= 4 is 5.91 Å². The highest BCUT2D eigenvalue weighted by atomic mass is 16.3. The molecule has 1 aliphatic heterocycles. The van der Waals surface area contributed by atoms with Crippen LogP contribution in [0.4, 0.5) is 0 Å². The van der Waals surface area contributed by atoms with E-state index < -0.39 is 11.6 Å². The zero-order valence-electron chi connectivity index (χ0n) is 11.5. The maximum Gasteiger partial charge on any atom is 0.247 e. The topological polar surface area (TPSA) is 66.6 Å². The third-order valence-corrected chi connectivity index (χ3v) is 4.02. The first kappa shape index (κ1) is 14.0. The first-order valence-electron chi connectivity index (χ1n) is 6.74. The molecule has 19 heavy (non-hydrogen) atoms. The van der Waals surface area contributed by atoms with Gasteiger partial charge in [-0.2, -0.15) is 0 Å². The Kier molecular flexibility index (Phi) is 3.92. The summed E-state index contributed by atoms with van der Waals surface area (Å²) in [5.74, 6) is 0.120. The van der Waals surface area contributed by atoms with Crippen LogP contribution in [0.3, 0.4) is 0 Å². The predicted octanol–water partition coefficient (Wildman–Crippen LogP) is 1.09. The lowest BCUT2D eigenvalue weighted by Gasteiger charge is -2.38. The van der Waals surface area contributed by atoms with Gasteiger partial charge in [0.05, 0.1) is 6.10 Å². The molecule has 3 unspecified atom stereocenters. The molecule has 0 bridgehead atoms. The number of hydrogen-bond acceptors (Lipinski definition) is 3. The minimum atomic E-state index is -1.04. The second kappa shape index (κ2) is 5.31. The fraction of sp³-hybridized carbons (Fsp3) is 0.533. The SMILES string of the molecule is CC1CCN(C(=O)C(C)(N)c2ccccc2)CC1O. The van der Waals surface area contributed by atoms with Crippen molar-refractivity contribution in [2.75, 3.05) is 13.1 Å². The van der Waals surface area contributed by atoms with Gasteiger partial charge in [0.2, 0.25) is 5.91 Å². The number of carbonyl (C=O) groups is 1. The molecule has 1 heterocycles. The van der Waals surface area contributed by atoms with Crippen LogP contribution in [0.5, 0.6) is 0 Å². The molecule has 3 atom stereocenters. The van der Waals surface area contributed by atoms with Crippen LogP contribution in [-0.4, -0.2) is 35.1 Å². The number of aliphatic hydroxyl groups excluding tert-OH is 1. The predicted molar refractivity (Wildman–Crippen MR) is 74.3 cm³/mol. The molecule has 0 radical (unpaired) electrons. The van der Waals surface area contributed by atoms with E-state index in [9.17, 15) is 9.90 Å². The van der Waals surface area contributed by atoms with Crippen LogP contribution in [0.15, 0.2) is 30.3 Å². The monoisotopic (exact) mass is 262 g/mol. The number of nitrogens with zero attached hydrogens (tertiary/aromatic N) is 1. The lowest BCUT2D eigenvalue weighted by atomic mass is 9.89. The number of likely N-dealkylation sites (tertiary alicyclic amines) is 1. The van der Waals surface area contributed by atoms with E-state index in [1.165, 1.54) is 0 Å². The molecule has 1 fully saturated rings. The molecule has 0 spiro atoms. The van der Waals surface area contributed by atoms with Crippen molar-refractivity contribution in [3.63, 3.8) is 0 Å². The number of nitrogens with two attached hydrogens (primary N) is 1. The standard InChI is InChI=1S/C15H22N2O2/c1-11-8-9-17(10-13(11)18)14(19)15(2,16)12-6-4-3-5-7-12/h3-7,11,13,18H,8-10,16H2,1-2H3. The van der Waals surface area contributed by atoms with Gasteiger partial charge in [0.15, 0.2) is 0 Å². The minimum Gasteiger partial charge on any atom is -0.391 e. The normalized spacial score (nSPS) is 26.8. The van der Waals surface area contributed by atoms with Crippen molar-refractivity contribution < 1.29 is 9.90 Å². The molecule has 0 saturated carbocycles. The number of rotatable bonds is 2. The van der Waals surface area contributed by atoms with Crippen molar-refractivity contribution in [1.29, 1.82) is 0 Å². The molecule has 1 aromatic rings. The fourth-order valence-corrected chi connectivity index (χ4v) is 2.47. The van der Waals surface area contributed by atoms with Crippen LogP contribution in [0.1, 0.15) is 25.8 Å². The van der Waals surface area contributed by atoms with Gasteiger partial charge in [-0.3, -0.25) is 4.79 Å². The number of benzene rings is 1. The van der Waals surface area contributed by atoms with Gasteiger partial charge in [-0.25, -0.2) is 0 Å². The van der Waals surface area contributed by atoms with E-state index in [1.807, 2.05) is 37.3 Å². The summed E-state index contributed by atoms with van der Waals surface area (Å²) in [6.07, 6.45) is 0.363. The molecule has 1 aromatic carbocycles. The second-order valence-electron chi connectivity index (χ2n) is 5.65. The highest BCUT2D eigenvalue weighted by molar-refractivity contribution is 5.87. The quantitative estimate of drug-likeness (QED) is 0.838. The zero-order valence-corrected chi connectivity index (χ0v) is 11.5. The molecule has 1 saturated heterocycles. The first-order valence-corrected chi connectivity index (χ1v) is 6.74. The number of carbonyl (C=O) groups excluding carboxylic acids is 1. The molecule has 1 aliphatic rings. The number of piperidine rings is 1. The minimum absolute atomic E-state index is 0.121. The van der Waals surface area contributed by atoms with Crippen molar-refractivity contribution in [2.45, 2.75) is 31.9 Å². The van der Waals surface area contributed by atoms with E-state index in [1.54, 1.807) is 11.8 Å². The fourth-order valence-electron chi connectivity index (χ4n) is 2.47. The van der Waals surface area contributed by atoms with E-state index in [4.69, 9.17) is 5.73 Å². The van der Waals surface area contributed by atoms with Crippen LogP contribution >= 0.6 is 0 Å².